The molecule has 1 aliphatic heterocycles. The van der Waals surface area contributed by atoms with Crippen LogP contribution in [0.25, 0.3) is 5.57 Å². The Morgan fingerprint density at radius 1 is 1.13 bits per heavy atom. The van der Waals surface area contributed by atoms with Crippen LogP contribution in [0.2, 0.25) is 0 Å². The standard InChI is InChI=1S/C24H30N2O5/c1-28-18-23(24(27)29-2)22-9-4-3-6-19(22)17-31-21-8-5-7-20(16-21)25-10-11-26-12-14-30-15-13-26/h3-9,16,18,25H,10-15,17H2,1-2H3/b23-18+. The van der Waals surface area contributed by atoms with Gasteiger partial charge in [-0.25, -0.2) is 4.79 Å². The van der Waals surface area contributed by atoms with Crippen LogP contribution in [0.1, 0.15) is 11.1 Å². The first-order valence-corrected chi connectivity index (χ1v) is 10.4. The molecule has 1 heterocycles. The smallest absolute Gasteiger partial charge is 0.341 e. The van der Waals surface area contributed by atoms with Gasteiger partial charge in [0.25, 0.3) is 0 Å². The quantitative estimate of drug-likeness (QED) is 0.356. The minimum Gasteiger partial charge on any atom is -0.503 e. The molecule has 1 aliphatic rings. The number of carbonyl (C=O) groups excluding carboxylic acids is 1. The fourth-order valence-corrected chi connectivity index (χ4v) is 3.40. The van der Waals surface area contributed by atoms with E-state index in [0.717, 1.165) is 62.0 Å². The number of ether oxygens (including phenoxy) is 4. The highest BCUT2D eigenvalue weighted by atomic mass is 16.5. The number of morpholine rings is 1. The molecule has 0 amide bonds. The number of benzene rings is 2. The van der Waals surface area contributed by atoms with Crippen molar-refractivity contribution in [2.45, 2.75) is 6.61 Å². The van der Waals surface area contributed by atoms with Crippen molar-refractivity contribution in [1.82, 2.24) is 4.90 Å². The molecule has 166 valence electrons. The van der Waals surface area contributed by atoms with Gasteiger partial charge in [0.05, 0.1) is 33.7 Å². The number of methoxy groups -OCH3 is 2. The van der Waals surface area contributed by atoms with Gasteiger partial charge in [0.15, 0.2) is 0 Å². The first-order valence-electron chi connectivity index (χ1n) is 10.4. The molecule has 0 radical (unpaired) electrons. The van der Waals surface area contributed by atoms with Gasteiger partial charge in [-0.15, -0.1) is 0 Å². The third kappa shape index (κ3) is 6.73. The second-order valence-corrected chi connectivity index (χ2v) is 7.11. The van der Waals surface area contributed by atoms with Gasteiger partial charge in [-0.2, -0.15) is 0 Å². The minimum absolute atomic E-state index is 0.311. The number of nitrogens with zero attached hydrogens (tertiary/aromatic N) is 1. The average molecular weight is 427 g/mol. The Morgan fingerprint density at radius 2 is 1.94 bits per heavy atom. The van der Waals surface area contributed by atoms with E-state index < -0.39 is 5.97 Å². The molecule has 0 atom stereocenters. The SMILES string of the molecule is CO/C=C(/C(=O)OC)c1ccccc1COc1cccc(NCCN2CCOCC2)c1. The number of rotatable bonds is 10. The van der Waals surface area contributed by atoms with Gasteiger partial charge in [0, 0.05) is 37.9 Å². The van der Waals surface area contributed by atoms with E-state index in [0.29, 0.717) is 12.2 Å². The van der Waals surface area contributed by atoms with Crippen LogP contribution in [0.4, 0.5) is 5.69 Å². The summed E-state index contributed by atoms with van der Waals surface area (Å²) in [4.78, 5) is 14.5. The van der Waals surface area contributed by atoms with Crippen LogP contribution >= 0.6 is 0 Å². The molecular formula is C24H30N2O5. The van der Waals surface area contributed by atoms with Crippen LogP contribution in [0.15, 0.2) is 54.8 Å². The highest BCUT2D eigenvalue weighted by Gasteiger charge is 2.17. The van der Waals surface area contributed by atoms with Gasteiger partial charge in [-0.1, -0.05) is 30.3 Å². The lowest BCUT2D eigenvalue weighted by Crippen LogP contribution is -2.38. The molecule has 2 aromatic carbocycles. The summed E-state index contributed by atoms with van der Waals surface area (Å²) in [6.07, 6.45) is 1.39. The van der Waals surface area contributed by atoms with Crippen molar-refractivity contribution in [2.75, 3.05) is 58.9 Å². The highest BCUT2D eigenvalue weighted by molar-refractivity contribution is 6.16. The van der Waals surface area contributed by atoms with Crippen LogP contribution in [-0.4, -0.2) is 64.5 Å². The highest BCUT2D eigenvalue weighted by Crippen LogP contribution is 2.24. The minimum atomic E-state index is -0.458. The van der Waals surface area contributed by atoms with Crippen LogP contribution in [0.3, 0.4) is 0 Å². The first kappa shape index (κ1) is 22.7. The average Bonchev–Trinajstić information content (AvgIpc) is 2.82. The number of hydrogen-bond acceptors (Lipinski definition) is 7. The topological polar surface area (TPSA) is 69.3 Å². The van der Waals surface area contributed by atoms with E-state index >= 15 is 0 Å². The second-order valence-electron chi connectivity index (χ2n) is 7.11. The van der Waals surface area contributed by atoms with Gasteiger partial charge in [0.1, 0.15) is 17.9 Å². The van der Waals surface area contributed by atoms with Crippen LogP contribution in [0.5, 0.6) is 5.75 Å². The largest absolute Gasteiger partial charge is 0.503 e. The maximum atomic E-state index is 12.2. The van der Waals surface area contributed by atoms with E-state index in [1.807, 2.05) is 48.5 Å². The van der Waals surface area contributed by atoms with Crippen LogP contribution in [0, 0.1) is 0 Å². The third-order valence-corrected chi connectivity index (χ3v) is 5.04. The summed E-state index contributed by atoms with van der Waals surface area (Å²) in [7, 11) is 2.85. The first-order chi connectivity index (χ1) is 15.2. The lowest BCUT2D eigenvalue weighted by molar-refractivity contribution is -0.133. The van der Waals surface area contributed by atoms with Crippen molar-refractivity contribution < 1.29 is 23.7 Å². The molecule has 0 saturated carbocycles. The molecule has 7 heteroatoms. The fourth-order valence-electron chi connectivity index (χ4n) is 3.40. The molecule has 0 spiro atoms. The Balaban J connectivity index is 1.61. The van der Waals surface area contributed by atoms with Crippen molar-refractivity contribution >= 4 is 17.2 Å². The Bertz CT molecular complexity index is 878. The number of anilines is 1. The Labute approximate surface area is 183 Å². The van der Waals surface area contributed by atoms with Crippen molar-refractivity contribution in [1.29, 1.82) is 0 Å². The summed E-state index contributed by atoms with van der Waals surface area (Å²) in [5.74, 6) is 0.294. The van der Waals surface area contributed by atoms with Crippen LogP contribution in [-0.2, 0) is 25.6 Å². The van der Waals surface area contributed by atoms with E-state index in [-0.39, 0.29) is 0 Å². The zero-order valence-corrected chi connectivity index (χ0v) is 18.1. The van der Waals surface area contributed by atoms with Crippen LogP contribution < -0.4 is 10.1 Å². The lowest BCUT2D eigenvalue weighted by Gasteiger charge is -2.26. The van der Waals surface area contributed by atoms with Crippen molar-refractivity contribution in [3.63, 3.8) is 0 Å². The normalized spacial score (nSPS) is 14.7. The van der Waals surface area contributed by atoms with E-state index in [2.05, 4.69) is 10.2 Å². The van der Waals surface area contributed by atoms with Gasteiger partial charge in [-0.05, 0) is 23.3 Å². The second kappa shape index (κ2) is 12.0. The summed E-state index contributed by atoms with van der Waals surface area (Å²) in [5, 5.41) is 3.45. The zero-order valence-electron chi connectivity index (χ0n) is 18.1. The van der Waals surface area contributed by atoms with Crippen molar-refractivity contribution in [2.24, 2.45) is 0 Å². The molecule has 1 saturated heterocycles. The molecular weight excluding hydrogens is 396 g/mol. The molecule has 7 nitrogen and oxygen atoms in total. The number of nitrogens with one attached hydrogen (secondary N) is 1. The molecule has 0 unspecified atom stereocenters. The molecule has 31 heavy (non-hydrogen) atoms. The lowest BCUT2D eigenvalue weighted by atomic mass is 10.0. The maximum absolute atomic E-state index is 12.2. The van der Waals surface area contributed by atoms with Gasteiger partial charge >= 0.3 is 5.97 Å². The molecule has 3 rings (SSSR count). The van der Waals surface area contributed by atoms with E-state index in [4.69, 9.17) is 18.9 Å². The van der Waals surface area contributed by atoms with Gasteiger partial charge in [-0.3, -0.25) is 4.90 Å². The number of hydrogen-bond donors (Lipinski definition) is 1. The number of esters is 1. The van der Waals surface area contributed by atoms with Crippen molar-refractivity contribution in [3.05, 3.63) is 65.9 Å². The Morgan fingerprint density at radius 3 is 2.71 bits per heavy atom. The maximum Gasteiger partial charge on any atom is 0.341 e. The third-order valence-electron chi connectivity index (χ3n) is 5.04. The summed E-state index contributed by atoms with van der Waals surface area (Å²) >= 11 is 0. The summed E-state index contributed by atoms with van der Waals surface area (Å²) in [5.41, 5.74) is 2.94. The predicted octanol–water partition coefficient (Wildman–Crippen LogP) is 3.17. The van der Waals surface area contributed by atoms with Gasteiger partial charge < -0.3 is 24.3 Å². The summed E-state index contributed by atoms with van der Waals surface area (Å²) < 4.78 is 21.4. The summed E-state index contributed by atoms with van der Waals surface area (Å²) in [6.45, 7) is 5.72. The van der Waals surface area contributed by atoms with Gasteiger partial charge in [0.2, 0.25) is 0 Å². The Kier molecular flexibility index (Phi) is 8.75. The molecule has 2 aromatic rings. The van der Waals surface area contributed by atoms with E-state index in [1.54, 1.807) is 0 Å². The summed E-state index contributed by atoms with van der Waals surface area (Å²) in [6, 6.07) is 15.4. The molecule has 0 aromatic heterocycles. The molecule has 1 N–H and O–H groups in total. The predicted molar refractivity (Wildman–Crippen MR) is 120 cm³/mol. The molecule has 1 fully saturated rings. The van der Waals surface area contributed by atoms with E-state index in [1.165, 1.54) is 20.5 Å². The van der Waals surface area contributed by atoms with E-state index in [9.17, 15) is 4.79 Å². The monoisotopic (exact) mass is 426 g/mol. The number of carbonyl (C=O) groups is 1. The molecule has 0 bridgehead atoms. The van der Waals surface area contributed by atoms with Crippen molar-refractivity contribution in [3.8, 4) is 5.75 Å². The zero-order chi connectivity index (χ0) is 21.9. The fraction of sp³-hybridized carbons (Fsp3) is 0.375. The Hall–Kier alpha value is -3.03. The molecule has 0 aliphatic carbocycles.